The van der Waals surface area contributed by atoms with E-state index in [1.807, 2.05) is 48.5 Å². The van der Waals surface area contributed by atoms with Crippen LogP contribution >= 0.6 is 11.6 Å². The van der Waals surface area contributed by atoms with Crippen LogP contribution in [0.4, 0.5) is 0 Å². The molecular weight excluding hydrogens is 484 g/mol. The van der Waals surface area contributed by atoms with Crippen molar-refractivity contribution >= 4 is 17.4 Å². The predicted molar refractivity (Wildman–Crippen MR) is 133 cm³/mol. The number of hydrogen-bond donors (Lipinski definition) is 1. The number of aromatic nitrogens is 4. The molecule has 4 aromatic rings. The number of halogens is 1. The summed E-state index contributed by atoms with van der Waals surface area (Å²) in [6.07, 6.45) is 0.507. The zero-order valence-corrected chi connectivity index (χ0v) is 20.6. The van der Waals surface area contributed by atoms with Gasteiger partial charge in [-0.25, -0.2) is 0 Å². The lowest BCUT2D eigenvalue weighted by Gasteiger charge is -2.17. The maximum atomic E-state index is 12.9. The van der Waals surface area contributed by atoms with Crippen molar-refractivity contribution in [3.05, 3.63) is 88.2 Å². The maximum absolute atomic E-state index is 12.9. The van der Waals surface area contributed by atoms with Gasteiger partial charge in [-0.1, -0.05) is 41.1 Å². The van der Waals surface area contributed by atoms with Crippen molar-refractivity contribution in [2.24, 2.45) is 0 Å². The minimum Gasteiger partial charge on any atom is -0.497 e. The third-order valence-corrected chi connectivity index (χ3v) is 5.80. The lowest BCUT2D eigenvalue weighted by Crippen LogP contribution is -2.07. The lowest BCUT2D eigenvalue weighted by atomic mass is 10.1. The third kappa shape index (κ3) is 6.31. The van der Waals surface area contributed by atoms with Crippen LogP contribution in [0.25, 0.3) is 0 Å². The van der Waals surface area contributed by atoms with E-state index >= 15 is 0 Å². The standard InChI is InChI=1S/C26H25ClN4O5/c1-33-19-7-3-17(4-8-19)15-35-23-13-11-21(22(32)12-14-24-28-30-31-29-24)25(27)26(23)36-16-18-5-9-20(34-2)10-6-18/h3-11,13H,12,14-16H2,1-2H3,(H,28,29,30,31). The molecule has 36 heavy (non-hydrogen) atoms. The van der Waals surface area contributed by atoms with Gasteiger partial charge in [0.25, 0.3) is 0 Å². The molecule has 0 amide bonds. The second-order valence-corrected chi connectivity index (χ2v) is 8.16. The van der Waals surface area contributed by atoms with Gasteiger partial charge in [0.15, 0.2) is 23.1 Å². The Bertz CT molecular complexity index is 1280. The average Bonchev–Trinajstić information content (AvgIpc) is 3.44. The fourth-order valence-electron chi connectivity index (χ4n) is 3.41. The highest BCUT2D eigenvalue weighted by Crippen LogP contribution is 2.39. The lowest BCUT2D eigenvalue weighted by molar-refractivity contribution is 0.0981. The molecule has 1 N–H and O–H groups in total. The van der Waals surface area contributed by atoms with Crippen molar-refractivity contribution in [1.82, 2.24) is 20.6 Å². The first kappa shape index (κ1) is 25.0. The molecule has 186 valence electrons. The molecule has 0 atom stereocenters. The number of carbonyl (C=O) groups excluding carboxylic acids is 1. The van der Waals surface area contributed by atoms with E-state index in [0.717, 1.165) is 22.6 Å². The summed E-state index contributed by atoms with van der Waals surface area (Å²) in [5.41, 5.74) is 2.18. The zero-order chi connectivity index (χ0) is 25.3. The number of carbonyl (C=O) groups is 1. The Morgan fingerprint density at radius 3 is 2.03 bits per heavy atom. The quantitative estimate of drug-likeness (QED) is 0.271. The highest BCUT2D eigenvalue weighted by atomic mass is 35.5. The van der Waals surface area contributed by atoms with Crippen molar-refractivity contribution in [3.63, 3.8) is 0 Å². The van der Waals surface area contributed by atoms with Crippen LogP contribution in [0.1, 0.15) is 33.7 Å². The first-order chi connectivity index (χ1) is 17.6. The summed E-state index contributed by atoms with van der Waals surface area (Å²) in [4.78, 5) is 12.9. The van der Waals surface area contributed by atoms with Crippen molar-refractivity contribution in [2.45, 2.75) is 26.1 Å². The molecule has 0 aliphatic rings. The zero-order valence-electron chi connectivity index (χ0n) is 19.9. The Hall–Kier alpha value is -4.11. The summed E-state index contributed by atoms with van der Waals surface area (Å²) in [5, 5.41) is 13.8. The molecular formula is C26H25ClN4O5. The summed E-state index contributed by atoms with van der Waals surface area (Å²) in [5.74, 6) is 2.52. The molecule has 0 spiro atoms. The number of H-pyrrole nitrogens is 1. The molecule has 10 heteroatoms. The Labute approximate surface area is 213 Å². The molecule has 0 saturated heterocycles. The van der Waals surface area contributed by atoms with Crippen molar-refractivity contribution in [3.8, 4) is 23.0 Å². The predicted octanol–water partition coefficient (Wildman–Crippen LogP) is 4.84. The fraction of sp³-hybridized carbons (Fsp3) is 0.231. The molecule has 3 aromatic carbocycles. The van der Waals surface area contributed by atoms with Crippen LogP contribution in [0.2, 0.25) is 5.02 Å². The molecule has 0 aliphatic carbocycles. The van der Waals surface area contributed by atoms with Crippen LogP contribution in [0.15, 0.2) is 60.7 Å². The summed E-state index contributed by atoms with van der Waals surface area (Å²) < 4.78 is 22.5. The van der Waals surface area contributed by atoms with E-state index in [-0.39, 0.29) is 30.4 Å². The molecule has 1 heterocycles. The van der Waals surface area contributed by atoms with Gasteiger partial charge < -0.3 is 18.9 Å². The SMILES string of the molecule is COc1ccc(COc2ccc(C(=O)CCc3nn[nH]n3)c(Cl)c2OCc2ccc(OC)cc2)cc1. The normalized spacial score (nSPS) is 10.6. The van der Waals surface area contributed by atoms with E-state index in [2.05, 4.69) is 20.6 Å². The van der Waals surface area contributed by atoms with Gasteiger partial charge in [-0.05, 0) is 47.5 Å². The largest absolute Gasteiger partial charge is 0.497 e. The topological polar surface area (TPSA) is 108 Å². The van der Waals surface area contributed by atoms with E-state index in [0.29, 0.717) is 29.3 Å². The number of nitrogens with one attached hydrogen (secondary N) is 1. The molecule has 0 radical (unpaired) electrons. The number of nitrogens with zero attached hydrogens (tertiary/aromatic N) is 3. The van der Waals surface area contributed by atoms with Gasteiger partial charge in [-0.3, -0.25) is 4.79 Å². The fourth-order valence-corrected chi connectivity index (χ4v) is 3.73. The molecule has 0 bridgehead atoms. The second kappa shape index (κ2) is 12.0. The van der Waals surface area contributed by atoms with Gasteiger partial charge in [0, 0.05) is 18.4 Å². The second-order valence-electron chi connectivity index (χ2n) is 7.78. The average molecular weight is 509 g/mol. The van der Waals surface area contributed by atoms with Crippen molar-refractivity contribution in [2.75, 3.05) is 14.2 Å². The number of aryl methyl sites for hydroxylation is 1. The van der Waals surface area contributed by atoms with Crippen LogP contribution < -0.4 is 18.9 Å². The monoisotopic (exact) mass is 508 g/mol. The first-order valence-corrected chi connectivity index (χ1v) is 11.5. The van der Waals surface area contributed by atoms with Crippen LogP contribution in [0.3, 0.4) is 0 Å². The van der Waals surface area contributed by atoms with Gasteiger partial charge in [-0.2, -0.15) is 5.21 Å². The van der Waals surface area contributed by atoms with Crippen molar-refractivity contribution in [1.29, 1.82) is 0 Å². The van der Waals surface area contributed by atoms with Gasteiger partial charge in [0.1, 0.15) is 24.7 Å². The maximum Gasteiger partial charge on any atom is 0.180 e. The van der Waals surface area contributed by atoms with E-state index < -0.39 is 0 Å². The number of tetrazole rings is 1. The molecule has 1 aromatic heterocycles. The molecule has 4 rings (SSSR count). The molecule has 0 unspecified atom stereocenters. The third-order valence-electron chi connectivity index (χ3n) is 5.42. The molecule has 0 saturated carbocycles. The highest BCUT2D eigenvalue weighted by molar-refractivity contribution is 6.35. The number of hydrogen-bond acceptors (Lipinski definition) is 8. The van der Waals surface area contributed by atoms with Gasteiger partial charge in [-0.15, -0.1) is 10.2 Å². The number of methoxy groups -OCH3 is 2. The Morgan fingerprint density at radius 2 is 1.47 bits per heavy atom. The van der Waals surface area contributed by atoms with Gasteiger partial charge >= 0.3 is 0 Å². The Morgan fingerprint density at radius 1 is 0.861 bits per heavy atom. The number of ketones is 1. The molecule has 0 fully saturated rings. The summed E-state index contributed by atoms with van der Waals surface area (Å²) in [6.45, 7) is 0.507. The van der Waals surface area contributed by atoms with Crippen molar-refractivity contribution < 1.29 is 23.7 Å². The minimum atomic E-state index is -0.166. The Kier molecular flexibility index (Phi) is 8.36. The summed E-state index contributed by atoms with van der Waals surface area (Å²) >= 11 is 6.69. The number of ether oxygens (including phenoxy) is 4. The molecule has 0 aliphatic heterocycles. The number of benzene rings is 3. The van der Waals surface area contributed by atoms with Crippen LogP contribution in [0.5, 0.6) is 23.0 Å². The highest BCUT2D eigenvalue weighted by Gasteiger charge is 2.20. The summed E-state index contributed by atoms with van der Waals surface area (Å²) in [7, 11) is 3.23. The van der Waals surface area contributed by atoms with Gasteiger partial charge in [0.05, 0.1) is 19.2 Å². The van der Waals surface area contributed by atoms with E-state index in [9.17, 15) is 4.79 Å². The van der Waals surface area contributed by atoms with Gasteiger partial charge in [0.2, 0.25) is 0 Å². The van der Waals surface area contributed by atoms with E-state index in [1.54, 1.807) is 26.4 Å². The van der Waals surface area contributed by atoms with Crippen LogP contribution in [0, 0.1) is 0 Å². The molecule has 9 nitrogen and oxygen atoms in total. The van der Waals surface area contributed by atoms with Crippen LogP contribution in [-0.2, 0) is 19.6 Å². The number of aromatic amines is 1. The van der Waals surface area contributed by atoms with E-state index in [1.165, 1.54) is 0 Å². The number of rotatable bonds is 12. The first-order valence-electron chi connectivity index (χ1n) is 11.2. The Balaban J connectivity index is 1.54. The number of Topliss-reactive ketones (excluding diaryl/α,β-unsaturated/α-hetero) is 1. The van der Waals surface area contributed by atoms with E-state index in [4.69, 9.17) is 30.5 Å². The summed E-state index contributed by atoms with van der Waals surface area (Å²) in [6, 6.07) is 18.4. The van der Waals surface area contributed by atoms with Crippen LogP contribution in [-0.4, -0.2) is 40.6 Å². The minimum absolute atomic E-state index is 0.166. The smallest absolute Gasteiger partial charge is 0.180 e.